The van der Waals surface area contributed by atoms with Gasteiger partial charge in [-0.2, -0.15) is 0 Å². The van der Waals surface area contributed by atoms with Gasteiger partial charge in [0.2, 0.25) is 29.5 Å². The van der Waals surface area contributed by atoms with E-state index in [4.69, 9.17) is 17.2 Å². The van der Waals surface area contributed by atoms with Gasteiger partial charge in [-0.15, -0.1) is 0 Å². The Morgan fingerprint density at radius 2 is 1.33 bits per heavy atom. The summed E-state index contributed by atoms with van der Waals surface area (Å²) in [7, 11) is 0. The van der Waals surface area contributed by atoms with Crippen LogP contribution in [-0.2, 0) is 36.8 Å². The van der Waals surface area contributed by atoms with E-state index in [2.05, 4.69) is 31.3 Å². The molecule has 52 heavy (non-hydrogen) atoms. The summed E-state index contributed by atoms with van der Waals surface area (Å²) in [5.41, 5.74) is 17.5. The van der Waals surface area contributed by atoms with Crippen molar-refractivity contribution in [2.45, 2.75) is 88.1 Å². The lowest BCUT2D eigenvalue weighted by atomic mass is 9.98. The van der Waals surface area contributed by atoms with Crippen molar-refractivity contribution in [3.05, 3.63) is 83.9 Å². The summed E-state index contributed by atoms with van der Waals surface area (Å²) in [5, 5.41) is 13.0. The van der Waals surface area contributed by atoms with Crippen LogP contribution < -0.4 is 38.5 Å². The Balaban J connectivity index is 1.64. The van der Waals surface area contributed by atoms with Gasteiger partial charge in [-0.25, -0.2) is 4.99 Å². The second-order valence-electron chi connectivity index (χ2n) is 13.6. The summed E-state index contributed by atoms with van der Waals surface area (Å²) in [6, 6.07) is 17.6. The maximum atomic E-state index is 14.3. The van der Waals surface area contributed by atoms with E-state index in [1.807, 2.05) is 72.8 Å². The van der Waals surface area contributed by atoms with Crippen LogP contribution in [0.15, 0.2) is 82.8 Å². The molecule has 0 saturated heterocycles. The lowest BCUT2D eigenvalue weighted by Crippen LogP contribution is -2.60. The first-order valence-electron chi connectivity index (χ1n) is 17.4. The van der Waals surface area contributed by atoms with Crippen LogP contribution in [0.2, 0.25) is 0 Å². The van der Waals surface area contributed by atoms with E-state index >= 15 is 0 Å². The number of nitrogens with zero attached hydrogens (tertiary/aromatic N) is 2. The fraction of sp³-hybridized carbons (Fsp3) is 0.395. The highest BCUT2D eigenvalue weighted by Gasteiger charge is 2.34. The monoisotopic (exact) mass is 711 g/mol. The van der Waals surface area contributed by atoms with Gasteiger partial charge in [0, 0.05) is 25.5 Å². The quantitative estimate of drug-likeness (QED) is 0.0882. The maximum Gasteiger partial charge on any atom is 0.243 e. The molecule has 4 rings (SSSR count). The minimum atomic E-state index is -1.29. The fourth-order valence-corrected chi connectivity index (χ4v) is 5.70. The second-order valence-corrected chi connectivity index (χ2v) is 13.6. The highest BCUT2D eigenvalue weighted by molar-refractivity contribution is 5.97. The molecule has 14 heteroatoms. The standard InChI is InChI=1S/C38H49N9O5/c1-38(2,41)37(52)47-32(21-28-22-42-23-43-28)36(51)46-31(20-25-15-16-26-12-6-7-13-27(26)18-25)35(50)45-30(19-24-10-4-3-5-11-24)34(49)44-29(33(40)48)14-8-9-17-39/h3-7,10-13,15-16,18,22-23,28-32H,8-9,14,17,19-21,39,41H2,1-2H3,(H2,40,48)(H,44,49)(H,45,50)(H,46,51)(H,47,52)/t28-,29+,30-,31-,32+/m1/s1. The van der Waals surface area contributed by atoms with Crippen molar-refractivity contribution in [2.75, 3.05) is 6.54 Å². The smallest absolute Gasteiger partial charge is 0.243 e. The van der Waals surface area contributed by atoms with Crippen LogP contribution in [0.1, 0.15) is 50.7 Å². The highest BCUT2D eigenvalue weighted by atomic mass is 16.2. The number of nitrogens with two attached hydrogens (primary N) is 3. The first-order valence-corrected chi connectivity index (χ1v) is 17.4. The van der Waals surface area contributed by atoms with E-state index in [0.717, 1.165) is 21.9 Å². The minimum absolute atomic E-state index is 0.0527. The summed E-state index contributed by atoms with van der Waals surface area (Å²) in [5.74, 6) is -3.19. The fourth-order valence-electron chi connectivity index (χ4n) is 5.70. The summed E-state index contributed by atoms with van der Waals surface area (Å²) < 4.78 is 0. The van der Waals surface area contributed by atoms with Crippen LogP contribution in [0, 0.1) is 0 Å². The lowest BCUT2D eigenvalue weighted by molar-refractivity contribution is -0.135. The van der Waals surface area contributed by atoms with Crippen LogP contribution in [-0.4, -0.2) is 84.4 Å². The molecule has 14 nitrogen and oxygen atoms in total. The Hall–Kier alpha value is -5.47. The molecule has 3 aromatic rings. The number of fused-ring (bicyclic) bond motifs is 1. The predicted molar refractivity (Wildman–Crippen MR) is 201 cm³/mol. The van der Waals surface area contributed by atoms with Gasteiger partial charge in [0.15, 0.2) is 0 Å². The number of aliphatic imine (C=N–C) groups is 2. The molecule has 1 aliphatic rings. The van der Waals surface area contributed by atoms with Gasteiger partial charge >= 0.3 is 0 Å². The zero-order valence-electron chi connectivity index (χ0n) is 29.6. The number of hydrogen-bond donors (Lipinski definition) is 7. The van der Waals surface area contributed by atoms with Crippen molar-refractivity contribution in [3.8, 4) is 0 Å². The lowest BCUT2D eigenvalue weighted by Gasteiger charge is -2.28. The Morgan fingerprint density at radius 3 is 1.92 bits per heavy atom. The van der Waals surface area contributed by atoms with Crippen LogP contribution in [0.5, 0.6) is 0 Å². The van der Waals surface area contributed by atoms with Crippen LogP contribution in [0.25, 0.3) is 10.8 Å². The van der Waals surface area contributed by atoms with Gasteiger partial charge in [0.25, 0.3) is 0 Å². The summed E-state index contributed by atoms with van der Waals surface area (Å²) >= 11 is 0. The molecule has 1 aliphatic heterocycles. The number of amides is 5. The van der Waals surface area contributed by atoms with E-state index in [9.17, 15) is 24.0 Å². The van der Waals surface area contributed by atoms with Crippen LogP contribution in [0.3, 0.4) is 0 Å². The number of nitrogens with one attached hydrogen (secondary N) is 4. The van der Waals surface area contributed by atoms with Crippen LogP contribution in [0.4, 0.5) is 0 Å². The minimum Gasteiger partial charge on any atom is -0.368 e. The number of rotatable bonds is 19. The van der Waals surface area contributed by atoms with Crippen LogP contribution >= 0.6 is 0 Å². The molecular weight excluding hydrogens is 662 g/mol. The average Bonchev–Trinajstić information content (AvgIpc) is 3.63. The Bertz CT molecular complexity index is 1760. The molecule has 5 atom stereocenters. The first kappa shape index (κ1) is 39.3. The first-order chi connectivity index (χ1) is 24.8. The number of carbonyl (C=O) groups is 5. The Labute approximate surface area is 303 Å². The molecule has 5 amide bonds. The summed E-state index contributed by atoms with van der Waals surface area (Å²) in [4.78, 5) is 75.5. The van der Waals surface area contributed by atoms with Crippen molar-refractivity contribution in [1.82, 2.24) is 21.3 Å². The molecule has 0 unspecified atom stereocenters. The normalized spacial score (nSPS) is 16.0. The van der Waals surface area contributed by atoms with Gasteiger partial charge in [-0.3, -0.25) is 29.0 Å². The molecule has 0 spiro atoms. The number of unbranched alkanes of at least 4 members (excludes halogenated alkanes) is 1. The third-order valence-electron chi connectivity index (χ3n) is 8.68. The van der Waals surface area contributed by atoms with E-state index in [-0.39, 0.29) is 25.7 Å². The summed E-state index contributed by atoms with van der Waals surface area (Å²) in [6.45, 7) is 3.45. The number of benzene rings is 3. The molecule has 3 aromatic carbocycles. The average molecular weight is 712 g/mol. The van der Waals surface area contributed by atoms with Crippen molar-refractivity contribution in [1.29, 1.82) is 0 Å². The highest BCUT2D eigenvalue weighted by Crippen LogP contribution is 2.18. The molecule has 0 aromatic heterocycles. The topological polar surface area (TPSA) is 236 Å². The van der Waals surface area contributed by atoms with Gasteiger partial charge in [0.1, 0.15) is 30.5 Å². The molecule has 0 radical (unpaired) electrons. The van der Waals surface area contributed by atoms with E-state index in [1.165, 1.54) is 20.2 Å². The third-order valence-corrected chi connectivity index (χ3v) is 8.68. The van der Waals surface area contributed by atoms with Crippen molar-refractivity contribution >= 4 is 52.9 Å². The van der Waals surface area contributed by atoms with Crippen molar-refractivity contribution in [2.24, 2.45) is 27.2 Å². The summed E-state index contributed by atoms with van der Waals surface area (Å²) in [6.07, 6.45) is 4.62. The maximum absolute atomic E-state index is 14.3. The van der Waals surface area contributed by atoms with E-state index < -0.39 is 65.3 Å². The molecule has 276 valence electrons. The molecule has 0 saturated carbocycles. The van der Waals surface area contributed by atoms with Crippen molar-refractivity contribution in [3.63, 3.8) is 0 Å². The zero-order valence-corrected chi connectivity index (χ0v) is 29.6. The Kier molecular flexibility index (Phi) is 14.1. The molecule has 0 bridgehead atoms. The van der Waals surface area contributed by atoms with E-state index in [1.54, 1.807) is 6.21 Å². The van der Waals surface area contributed by atoms with Gasteiger partial charge in [-0.1, -0.05) is 72.8 Å². The SMILES string of the molecule is CC(C)(N)C(=O)N[C@@H](C[C@@H]1C=NC=N1)C(=O)N[C@H](Cc1ccc2ccccc2c1)C(=O)N[C@H](Cc1ccccc1)C(=O)N[C@@H](CCCCN)C(N)=O. The van der Waals surface area contributed by atoms with E-state index in [0.29, 0.717) is 19.4 Å². The molecular formula is C38H49N9O5. The van der Waals surface area contributed by atoms with Gasteiger partial charge in [0.05, 0.1) is 11.6 Å². The number of primary amides is 1. The Morgan fingerprint density at radius 1 is 0.731 bits per heavy atom. The molecule has 10 N–H and O–H groups in total. The third kappa shape index (κ3) is 11.8. The molecule has 0 fully saturated rings. The number of hydrogen-bond acceptors (Lipinski definition) is 9. The zero-order chi connectivity index (χ0) is 37.7. The van der Waals surface area contributed by atoms with Gasteiger partial charge < -0.3 is 38.5 Å². The van der Waals surface area contributed by atoms with Gasteiger partial charge in [-0.05, 0) is 61.6 Å². The largest absolute Gasteiger partial charge is 0.368 e. The second kappa shape index (κ2) is 18.7. The predicted octanol–water partition coefficient (Wildman–Crippen LogP) is 0.787. The van der Waals surface area contributed by atoms with Crippen molar-refractivity contribution < 1.29 is 24.0 Å². The number of carbonyl (C=O) groups excluding carboxylic acids is 5. The molecule has 1 heterocycles. The molecule has 0 aliphatic carbocycles.